The highest BCUT2D eigenvalue weighted by Crippen LogP contribution is 2.49. The van der Waals surface area contributed by atoms with Crippen LogP contribution in [-0.4, -0.2) is 204 Å². The number of carbonyl (C=O) groups excluding carboxylic acids is 3. The van der Waals surface area contributed by atoms with E-state index in [9.17, 15) is 74.9 Å². The molecule has 18 unspecified atom stereocenters. The Morgan fingerprint density at radius 2 is 0.792 bits per heavy atom. The SMILES string of the molecule is CCCCCCCCCCCCC/C=C/C=C/C(=O)OCC(COP(=O)(O)OC1C(OC2OC(CO)C(O)C(O)C2O)C(O)C(O)C(O)C1OC1OC(COC(=O)/C=C/C=C/CCCCCCCCCCCCC)C(O)C(O)C1O)OC(=O)CCCCCCCCCCCCC. The van der Waals surface area contributed by atoms with E-state index in [1.54, 1.807) is 12.2 Å². The van der Waals surface area contributed by atoms with E-state index in [2.05, 4.69) is 20.8 Å². The number of allylic oxidation sites excluding steroid dienone is 6. The molecule has 96 heavy (non-hydrogen) atoms. The summed E-state index contributed by atoms with van der Waals surface area (Å²) in [6, 6.07) is 0. The number of hydrogen-bond acceptors (Lipinski definition) is 23. The zero-order chi connectivity index (χ0) is 70.4. The summed E-state index contributed by atoms with van der Waals surface area (Å²) in [7, 11) is -5.72. The fourth-order valence-corrected chi connectivity index (χ4v) is 12.8. The first kappa shape index (κ1) is 87.1. The average Bonchev–Trinajstić information content (AvgIpc) is 0.765. The Morgan fingerprint density at radius 3 is 1.21 bits per heavy atom. The molecule has 24 nitrogen and oxygen atoms in total. The zero-order valence-electron chi connectivity index (χ0n) is 57.9. The molecule has 3 aliphatic rings. The molecular weight excluding hydrogens is 1270 g/mol. The number of esters is 3. The van der Waals surface area contributed by atoms with Crippen molar-refractivity contribution in [2.75, 3.05) is 26.4 Å². The predicted molar refractivity (Wildman–Crippen MR) is 360 cm³/mol. The lowest BCUT2D eigenvalue weighted by Gasteiger charge is -2.49. The van der Waals surface area contributed by atoms with Crippen LogP contribution < -0.4 is 0 Å². The molecule has 1 aliphatic carbocycles. The molecule has 2 aliphatic heterocycles. The first-order valence-corrected chi connectivity index (χ1v) is 38.0. The molecule has 11 N–H and O–H groups in total. The number of unbranched alkanes of at least 4 members (excludes halogenated alkanes) is 32. The third kappa shape index (κ3) is 36.0. The predicted octanol–water partition coefficient (Wildman–Crippen LogP) is 9.29. The summed E-state index contributed by atoms with van der Waals surface area (Å²) in [6.45, 7) is 3.21. The van der Waals surface area contributed by atoms with Crippen LogP contribution in [0.4, 0.5) is 0 Å². The summed E-state index contributed by atoms with van der Waals surface area (Å²) in [4.78, 5) is 50.6. The molecule has 558 valence electrons. The molecule has 0 bridgehead atoms. The van der Waals surface area contributed by atoms with Crippen LogP contribution in [-0.2, 0) is 61.2 Å². The molecule has 0 aromatic carbocycles. The lowest BCUT2D eigenvalue weighted by Crippen LogP contribution is -2.69. The first-order chi connectivity index (χ1) is 46.3. The van der Waals surface area contributed by atoms with Crippen LogP contribution in [0.2, 0.25) is 0 Å². The Hall–Kier alpha value is -3.08. The van der Waals surface area contributed by atoms with E-state index >= 15 is 0 Å². The molecule has 1 saturated carbocycles. The van der Waals surface area contributed by atoms with E-state index in [-0.39, 0.29) is 6.42 Å². The lowest BCUT2D eigenvalue weighted by molar-refractivity contribution is -0.360. The van der Waals surface area contributed by atoms with Gasteiger partial charge in [-0.05, 0) is 32.1 Å². The molecule has 18 atom stereocenters. The summed E-state index contributed by atoms with van der Waals surface area (Å²) in [5.74, 6) is -2.48. The summed E-state index contributed by atoms with van der Waals surface area (Å²) in [5.41, 5.74) is 0. The maximum atomic E-state index is 14.3. The molecule has 2 heterocycles. The van der Waals surface area contributed by atoms with Gasteiger partial charge in [0.15, 0.2) is 18.7 Å². The van der Waals surface area contributed by atoms with Crippen molar-refractivity contribution in [3.63, 3.8) is 0 Å². The molecule has 0 amide bonds. The normalized spacial score (nSPS) is 28.2. The quantitative estimate of drug-likeness (QED) is 0.00674. The van der Waals surface area contributed by atoms with E-state index in [4.69, 9.17) is 42.2 Å². The minimum absolute atomic E-state index is 0.0624. The number of aliphatic hydroxyl groups excluding tert-OH is 10. The van der Waals surface area contributed by atoms with Gasteiger partial charge in [-0.3, -0.25) is 13.8 Å². The Bertz CT molecular complexity index is 2180. The van der Waals surface area contributed by atoms with Gasteiger partial charge in [0.1, 0.15) is 98.7 Å². The molecule has 2 saturated heterocycles. The topological polar surface area (TPSA) is 374 Å². The van der Waals surface area contributed by atoms with Crippen LogP contribution in [0, 0.1) is 0 Å². The van der Waals surface area contributed by atoms with Crippen LogP contribution >= 0.6 is 7.82 Å². The van der Waals surface area contributed by atoms with Gasteiger partial charge in [-0.2, -0.15) is 0 Å². The van der Waals surface area contributed by atoms with Crippen molar-refractivity contribution in [2.45, 2.75) is 356 Å². The van der Waals surface area contributed by atoms with Crippen molar-refractivity contribution in [3.05, 3.63) is 48.6 Å². The van der Waals surface area contributed by atoms with Crippen molar-refractivity contribution in [2.24, 2.45) is 0 Å². The zero-order valence-corrected chi connectivity index (χ0v) is 58.8. The molecular formula is C71H125O24P. The Morgan fingerprint density at radius 1 is 0.427 bits per heavy atom. The average molecular weight is 1390 g/mol. The van der Waals surface area contributed by atoms with Gasteiger partial charge < -0.3 is 89.1 Å². The Labute approximate surface area is 571 Å². The molecule has 0 spiro atoms. The second kappa shape index (κ2) is 52.8. The number of phosphoric ester groups is 1. The van der Waals surface area contributed by atoms with Gasteiger partial charge in [-0.15, -0.1) is 0 Å². The summed E-state index contributed by atoms with van der Waals surface area (Å²) in [6.07, 6.45) is 16.2. The van der Waals surface area contributed by atoms with Crippen LogP contribution in [0.3, 0.4) is 0 Å². The summed E-state index contributed by atoms with van der Waals surface area (Å²) >= 11 is 0. The van der Waals surface area contributed by atoms with Crippen LogP contribution in [0.25, 0.3) is 0 Å². The number of ether oxygens (including phenoxy) is 7. The second-order valence-electron chi connectivity index (χ2n) is 26.1. The highest BCUT2D eigenvalue weighted by Gasteiger charge is 2.58. The smallest absolute Gasteiger partial charge is 0.460 e. The van der Waals surface area contributed by atoms with E-state index < -0.39 is 156 Å². The van der Waals surface area contributed by atoms with Crippen molar-refractivity contribution >= 4 is 25.7 Å². The van der Waals surface area contributed by atoms with Crippen LogP contribution in [0.15, 0.2) is 48.6 Å². The molecule has 3 rings (SSSR count). The number of aliphatic hydroxyl groups is 10. The number of phosphoric acid groups is 1. The molecule has 0 radical (unpaired) electrons. The third-order valence-corrected chi connectivity index (χ3v) is 18.8. The van der Waals surface area contributed by atoms with E-state index in [1.165, 1.54) is 147 Å². The van der Waals surface area contributed by atoms with Gasteiger partial charge in [0.2, 0.25) is 0 Å². The summed E-state index contributed by atoms with van der Waals surface area (Å²) in [5, 5.41) is 110. The fourth-order valence-electron chi connectivity index (χ4n) is 11.8. The largest absolute Gasteiger partial charge is 0.472 e. The van der Waals surface area contributed by atoms with E-state index in [0.717, 1.165) is 89.2 Å². The van der Waals surface area contributed by atoms with Gasteiger partial charge in [-0.25, -0.2) is 14.2 Å². The Kier molecular flexibility index (Phi) is 48.0. The van der Waals surface area contributed by atoms with Gasteiger partial charge in [0.05, 0.1) is 13.2 Å². The molecule has 3 fully saturated rings. The number of carbonyl (C=O) groups is 3. The van der Waals surface area contributed by atoms with Gasteiger partial charge in [0.25, 0.3) is 0 Å². The minimum Gasteiger partial charge on any atom is -0.460 e. The first-order valence-electron chi connectivity index (χ1n) is 36.5. The fraction of sp³-hybridized carbons (Fsp3) is 0.845. The number of hydrogen-bond donors (Lipinski definition) is 11. The van der Waals surface area contributed by atoms with Crippen LogP contribution in [0.1, 0.15) is 252 Å². The van der Waals surface area contributed by atoms with Crippen molar-refractivity contribution in [1.82, 2.24) is 0 Å². The van der Waals surface area contributed by atoms with E-state index in [0.29, 0.717) is 12.8 Å². The van der Waals surface area contributed by atoms with Crippen LogP contribution in [0.5, 0.6) is 0 Å². The van der Waals surface area contributed by atoms with Crippen molar-refractivity contribution < 1.29 is 117 Å². The molecule has 0 aromatic heterocycles. The number of rotatable bonds is 55. The molecule has 25 heteroatoms. The maximum Gasteiger partial charge on any atom is 0.472 e. The lowest BCUT2D eigenvalue weighted by atomic mass is 9.84. The third-order valence-electron chi connectivity index (χ3n) is 17.8. The van der Waals surface area contributed by atoms with Gasteiger partial charge >= 0.3 is 25.7 Å². The standard InChI is InChI=1S/C71H125O24P/c1-4-7-10-13-16-19-22-24-26-28-31-33-36-39-42-45-55(73)87-49-52(90-57(75)47-44-41-38-35-30-21-18-15-12-9-6-3)50-89-96(85,86)95-69-67(93-70-65(83)60(78)58(76)53(48-72)91-70)63(81)62(80)64(82)68(69)94-71-66(84)61(79)59(77)54(92-71)51-88-56(74)46-43-40-37-34-32-29-27-25-23-20-17-14-11-8-5-2/h36-37,39-40,42-43,45-46,52-54,58-72,76-84H,4-35,38,41,44,47-51H2,1-3H3,(H,85,86)/b39-36+,40-37+,45-42+,46-43+. The summed E-state index contributed by atoms with van der Waals surface area (Å²) < 4.78 is 64.5. The van der Waals surface area contributed by atoms with Gasteiger partial charge in [-0.1, -0.05) is 250 Å². The van der Waals surface area contributed by atoms with Crippen molar-refractivity contribution in [1.29, 1.82) is 0 Å². The highest BCUT2D eigenvalue weighted by molar-refractivity contribution is 7.47. The molecule has 0 aromatic rings. The monoisotopic (exact) mass is 1390 g/mol. The highest BCUT2D eigenvalue weighted by atomic mass is 31.2. The van der Waals surface area contributed by atoms with Gasteiger partial charge in [0, 0.05) is 18.6 Å². The maximum absolute atomic E-state index is 14.3. The second-order valence-corrected chi connectivity index (χ2v) is 27.5. The minimum atomic E-state index is -5.72. The Balaban J connectivity index is 1.77. The van der Waals surface area contributed by atoms with E-state index in [1.807, 2.05) is 12.2 Å². The van der Waals surface area contributed by atoms with Crippen molar-refractivity contribution in [3.8, 4) is 0 Å².